The standard InChI is InChI=1S/C25H44N6O6/c1-24(2,3)36-22(34)16(11-7-9-13-26)30-20(32)18-19(29-15-28-18)21(33)31-17(12-8-10-14-27)23(35)37-25(4,5)6/h15-17H,7-14,26-27H2,1-6H3,(H,28,29)(H,30,32)(H,31,33)/t16-,17-/m0/s1. The average Bonchev–Trinajstić information content (AvgIpc) is 3.25. The van der Waals surface area contributed by atoms with E-state index in [1.54, 1.807) is 41.5 Å². The van der Waals surface area contributed by atoms with Crippen molar-refractivity contribution in [1.82, 2.24) is 20.6 Å². The van der Waals surface area contributed by atoms with E-state index in [2.05, 4.69) is 20.6 Å². The monoisotopic (exact) mass is 524 g/mol. The number of carbonyl (C=O) groups excluding carboxylic acids is 4. The summed E-state index contributed by atoms with van der Waals surface area (Å²) in [5.41, 5.74) is 9.27. The molecule has 7 N–H and O–H groups in total. The second kappa shape index (κ2) is 14.7. The summed E-state index contributed by atoms with van der Waals surface area (Å²) in [6, 6.07) is -1.89. The Bertz CT molecular complexity index is 832. The van der Waals surface area contributed by atoms with E-state index in [4.69, 9.17) is 20.9 Å². The molecule has 1 heterocycles. The van der Waals surface area contributed by atoms with E-state index in [1.165, 1.54) is 6.33 Å². The topological polar surface area (TPSA) is 192 Å². The lowest BCUT2D eigenvalue weighted by molar-refractivity contribution is -0.158. The molecule has 0 saturated heterocycles. The molecule has 12 nitrogen and oxygen atoms in total. The van der Waals surface area contributed by atoms with Gasteiger partial charge in [-0.3, -0.25) is 9.59 Å². The predicted molar refractivity (Wildman–Crippen MR) is 139 cm³/mol. The van der Waals surface area contributed by atoms with Crippen molar-refractivity contribution in [3.63, 3.8) is 0 Å². The molecule has 1 aromatic heterocycles. The molecule has 0 aliphatic rings. The number of rotatable bonds is 14. The van der Waals surface area contributed by atoms with Gasteiger partial charge in [0.25, 0.3) is 11.8 Å². The number of aromatic nitrogens is 2. The van der Waals surface area contributed by atoms with E-state index in [0.29, 0.717) is 51.6 Å². The molecule has 2 amide bonds. The third-order valence-electron chi connectivity index (χ3n) is 4.97. The number of H-pyrrole nitrogens is 1. The molecule has 1 rings (SSSR count). The highest BCUT2D eigenvalue weighted by atomic mass is 16.6. The highest BCUT2D eigenvalue weighted by molar-refractivity contribution is 6.06. The lowest BCUT2D eigenvalue weighted by Gasteiger charge is -2.25. The van der Waals surface area contributed by atoms with Crippen molar-refractivity contribution in [2.75, 3.05) is 13.1 Å². The first-order valence-corrected chi connectivity index (χ1v) is 12.7. The van der Waals surface area contributed by atoms with Gasteiger partial charge < -0.3 is 36.6 Å². The number of hydrogen-bond acceptors (Lipinski definition) is 9. The summed E-state index contributed by atoms with van der Waals surface area (Å²) in [5, 5.41) is 5.26. The Morgan fingerprint density at radius 2 is 1.24 bits per heavy atom. The molecular weight excluding hydrogens is 480 g/mol. The molecule has 2 atom stereocenters. The molecule has 0 aliphatic carbocycles. The maximum Gasteiger partial charge on any atom is 0.329 e. The number of nitrogens with two attached hydrogens (primary N) is 2. The second-order valence-electron chi connectivity index (χ2n) is 10.8. The summed E-state index contributed by atoms with van der Waals surface area (Å²) >= 11 is 0. The van der Waals surface area contributed by atoms with Crippen molar-refractivity contribution in [3.05, 3.63) is 17.7 Å². The number of esters is 2. The van der Waals surface area contributed by atoms with Gasteiger partial charge in [0.1, 0.15) is 29.0 Å². The molecule has 210 valence electrons. The summed E-state index contributed by atoms with van der Waals surface area (Å²) in [6.07, 6.45) is 4.34. The van der Waals surface area contributed by atoms with Gasteiger partial charge in [0, 0.05) is 0 Å². The number of aromatic amines is 1. The van der Waals surface area contributed by atoms with Gasteiger partial charge in [-0.05, 0) is 93.2 Å². The lowest BCUT2D eigenvalue weighted by atomic mass is 10.1. The minimum absolute atomic E-state index is 0.144. The summed E-state index contributed by atoms with van der Waals surface area (Å²) < 4.78 is 10.9. The Kier molecular flexibility index (Phi) is 12.7. The number of nitrogens with zero attached hydrogens (tertiary/aromatic N) is 1. The highest BCUT2D eigenvalue weighted by Gasteiger charge is 2.31. The third kappa shape index (κ3) is 12.2. The molecule has 12 heteroatoms. The van der Waals surface area contributed by atoms with E-state index in [0.717, 1.165) is 0 Å². The predicted octanol–water partition coefficient (Wildman–Crippen LogP) is 1.55. The van der Waals surface area contributed by atoms with E-state index in [1.807, 2.05) is 0 Å². The third-order valence-corrected chi connectivity index (χ3v) is 4.97. The van der Waals surface area contributed by atoms with Gasteiger partial charge in [0.05, 0.1) is 6.33 Å². The van der Waals surface area contributed by atoms with Gasteiger partial charge in [-0.2, -0.15) is 0 Å². The molecule has 0 aliphatic heterocycles. The van der Waals surface area contributed by atoms with Crippen LogP contribution in [0.15, 0.2) is 6.33 Å². The van der Waals surface area contributed by atoms with Crippen LogP contribution in [0.2, 0.25) is 0 Å². The average molecular weight is 525 g/mol. The van der Waals surface area contributed by atoms with Crippen LogP contribution in [0, 0.1) is 0 Å². The number of unbranched alkanes of at least 4 members (excludes halogenated alkanes) is 2. The van der Waals surface area contributed by atoms with Crippen LogP contribution in [0.25, 0.3) is 0 Å². The number of carbonyl (C=O) groups is 4. The maximum atomic E-state index is 13.1. The molecule has 0 radical (unpaired) electrons. The van der Waals surface area contributed by atoms with Crippen molar-refractivity contribution >= 4 is 23.8 Å². The van der Waals surface area contributed by atoms with Gasteiger partial charge in [-0.1, -0.05) is 0 Å². The Balaban J connectivity index is 3.05. The van der Waals surface area contributed by atoms with Crippen LogP contribution in [-0.2, 0) is 19.1 Å². The molecule has 37 heavy (non-hydrogen) atoms. The van der Waals surface area contributed by atoms with Crippen LogP contribution in [0.5, 0.6) is 0 Å². The summed E-state index contributed by atoms with van der Waals surface area (Å²) in [4.78, 5) is 58.1. The first-order valence-electron chi connectivity index (χ1n) is 12.7. The number of ether oxygens (including phenoxy) is 2. The van der Waals surface area contributed by atoms with E-state index in [-0.39, 0.29) is 11.4 Å². The maximum absolute atomic E-state index is 13.1. The highest BCUT2D eigenvalue weighted by Crippen LogP contribution is 2.14. The number of hydrogen-bond donors (Lipinski definition) is 5. The van der Waals surface area contributed by atoms with Crippen LogP contribution in [0.1, 0.15) is 101 Å². The van der Waals surface area contributed by atoms with Crippen LogP contribution >= 0.6 is 0 Å². The largest absolute Gasteiger partial charge is 0.458 e. The molecule has 0 aromatic carbocycles. The molecule has 0 saturated carbocycles. The first kappa shape index (κ1) is 32.0. The van der Waals surface area contributed by atoms with Crippen LogP contribution in [0.3, 0.4) is 0 Å². The van der Waals surface area contributed by atoms with Gasteiger partial charge in [-0.25, -0.2) is 14.6 Å². The molecule has 0 unspecified atom stereocenters. The number of amides is 2. The van der Waals surface area contributed by atoms with Gasteiger partial charge in [0.2, 0.25) is 0 Å². The van der Waals surface area contributed by atoms with Crippen molar-refractivity contribution in [2.45, 2.75) is 103 Å². The normalized spacial score (nSPS) is 13.4. The Morgan fingerprint density at radius 1 is 0.811 bits per heavy atom. The summed E-state index contributed by atoms with van der Waals surface area (Å²) in [5.74, 6) is -2.62. The van der Waals surface area contributed by atoms with Gasteiger partial charge in [0.15, 0.2) is 5.69 Å². The zero-order chi connectivity index (χ0) is 28.2. The number of nitrogens with one attached hydrogen (secondary N) is 3. The van der Waals surface area contributed by atoms with Crippen molar-refractivity contribution in [1.29, 1.82) is 0 Å². The van der Waals surface area contributed by atoms with Crippen molar-refractivity contribution in [3.8, 4) is 0 Å². The molecule has 0 bridgehead atoms. The van der Waals surface area contributed by atoms with Crippen LogP contribution < -0.4 is 22.1 Å². The second-order valence-corrected chi connectivity index (χ2v) is 10.8. The Morgan fingerprint density at radius 3 is 1.65 bits per heavy atom. The summed E-state index contributed by atoms with van der Waals surface area (Å²) in [6.45, 7) is 11.3. The molecule has 0 spiro atoms. The fourth-order valence-electron chi connectivity index (χ4n) is 3.33. The van der Waals surface area contributed by atoms with Crippen molar-refractivity contribution < 1.29 is 28.7 Å². The first-order chi connectivity index (χ1) is 17.2. The van der Waals surface area contributed by atoms with Crippen molar-refractivity contribution in [2.24, 2.45) is 11.5 Å². The summed E-state index contributed by atoms with van der Waals surface area (Å²) in [7, 11) is 0. The minimum atomic E-state index is -0.948. The smallest absolute Gasteiger partial charge is 0.329 e. The number of imidazole rings is 1. The minimum Gasteiger partial charge on any atom is -0.458 e. The SMILES string of the molecule is CC(C)(C)OC(=O)[C@H](CCCCN)NC(=O)c1nc[nH]c1C(=O)N[C@@H](CCCCN)C(=O)OC(C)(C)C. The molecular formula is C25H44N6O6. The zero-order valence-electron chi connectivity index (χ0n) is 22.9. The Labute approximate surface area is 219 Å². The van der Waals surface area contributed by atoms with E-state index < -0.39 is 47.0 Å². The quantitative estimate of drug-likeness (QED) is 0.177. The van der Waals surface area contributed by atoms with Crippen LogP contribution in [0.4, 0.5) is 0 Å². The fourth-order valence-corrected chi connectivity index (χ4v) is 3.33. The zero-order valence-corrected chi connectivity index (χ0v) is 22.9. The van der Waals surface area contributed by atoms with Gasteiger partial charge in [-0.15, -0.1) is 0 Å². The Hall–Kier alpha value is -2.99. The molecule has 1 aromatic rings. The lowest BCUT2D eigenvalue weighted by Crippen LogP contribution is -2.46. The van der Waals surface area contributed by atoms with E-state index >= 15 is 0 Å². The molecule has 0 fully saturated rings. The van der Waals surface area contributed by atoms with Crippen LogP contribution in [-0.4, -0.2) is 70.1 Å². The fraction of sp³-hybridized carbons (Fsp3) is 0.720. The van der Waals surface area contributed by atoms with E-state index in [9.17, 15) is 19.2 Å². The van der Waals surface area contributed by atoms with Gasteiger partial charge >= 0.3 is 11.9 Å².